The molecule has 0 atom stereocenters. The maximum Gasteiger partial charge on any atom is 0.250 e. The topological polar surface area (TPSA) is 55.4 Å². The summed E-state index contributed by atoms with van der Waals surface area (Å²) >= 11 is 5.96. The lowest BCUT2D eigenvalue weighted by molar-refractivity contribution is -0.122. The summed E-state index contributed by atoms with van der Waals surface area (Å²) in [6.45, 7) is 13.8. The lowest BCUT2D eigenvalue weighted by Crippen LogP contribution is -2.40. The summed E-state index contributed by atoms with van der Waals surface area (Å²) < 4.78 is 19.3. The van der Waals surface area contributed by atoms with Crippen molar-refractivity contribution < 1.29 is 18.4 Å². The van der Waals surface area contributed by atoms with E-state index in [1.54, 1.807) is 6.92 Å². The summed E-state index contributed by atoms with van der Waals surface area (Å²) in [6.07, 6.45) is -0.0748. The van der Waals surface area contributed by atoms with E-state index in [0.29, 0.717) is 16.9 Å². The van der Waals surface area contributed by atoms with E-state index in [4.69, 9.17) is 16.0 Å². The van der Waals surface area contributed by atoms with Gasteiger partial charge < -0.3 is 9.74 Å². The van der Waals surface area contributed by atoms with Crippen LogP contribution in [0.4, 0.5) is 4.39 Å². The van der Waals surface area contributed by atoms with Crippen molar-refractivity contribution in [2.45, 2.75) is 65.7 Å². The summed E-state index contributed by atoms with van der Waals surface area (Å²) in [5, 5.41) is 2.95. The Labute approximate surface area is 167 Å². The molecule has 0 saturated carbocycles. The Bertz CT molecular complexity index is 754. The molecule has 0 radical (unpaired) electrons. The highest BCUT2D eigenvalue weighted by Crippen LogP contribution is 2.38. The van der Waals surface area contributed by atoms with E-state index in [1.807, 2.05) is 0 Å². The van der Waals surface area contributed by atoms with Crippen molar-refractivity contribution in [1.29, 1.82) is 0 Å². The second-order valence-electron chi connectivity index (χ2n) is 8.14. The zero-order chi connectivity index (χ0) is 21.0. The zero-order valence-corrected chi connectivity index (χ0v) is 18.9. The van der Waals surface area contributed by atoms with Gasteiger partial charge in [0.05, 0.1) is 12.2 Å². The molecule has 1 aromatic rings. The van der Waals surface area contributed by atoms with Gasteiger partial charge in [-0.2, -0.15) is 0 Å². The van der Waals surface area contributed by atoms with Crippen LogP contribution in [0.25, 0.3) is 0 Å². The molecule has 0 heterocycles. The van der Waals surface area contributed by atoms with Crippen molar-refractivity contribution in [2.75, 3.05) is 0 Å². The number of carbonyl (C=O) groups excluding carboxylic acids is 2. The van der Waals surface area contributed by atoms with Crippen molar-refractivity contribution in [1.82, 2.24) is 5.32 Å². The quantitative estimate of drug-likeness (QED) is 0.371. The van der Waals surface area contributed by atoms with Crippen molar-refractivity contribution in [2.24, 2.45) is 0 Å². The fourth-order valence-electron chi connectivity index (χ4n) is 2.18. The van der Waals surface area contributed by atoms with Crippen LogP contribution >= 0.6 is 11.6 Å². The monoisotopic (exact) mass is 413 g/mol. The van der Waals surface area contributed by atoms with Crippen LogP contribution in [0.5, 0.6) is 0 Å². The molecule has 4 nitrogen and oxygen atoms in total. The van der Waals surface area contributed by atoms with Gasteiger partial charge in [0.2, 0.25) is 14.2 Å². The van der Waals surface area contributed by atoms with E-state index >= 15 is 0 Å². The van der Waals surface area contributed by atoms with Gasteiger partial charge >= 0.3 is 0 Å². The van der Waals surface area contributed by atoms with Crippen LogP contribution in [0.1, 0.15) is 46.6 Å². The molecule has 1 aromatic carbocycles. The number of rotatable bonds is 7. The Balaban J connectivity index is 2.86. The van der Waals surface area contributed by atoms with Crippen LogP contribution in [-0.4, -0.2) is 20.0 Å². The highest BCUT2D eigenvalue weighted by Gasteiger charge is 2.39. The molecule has 0 aromatic heterocycles. The molecule has 0 aliphatic heterocycles. The second kappa shape index (κ2) is 9.02. The standard InChI is InChI=1S/C20H29ClFNO3Si/c1-13(24)17(14(2)26-27(6,7)20(3,4)5)11-19(25)23-12-15-8-9-16(22)10-18(15)21/h8-10H,11-12H2,1-7H3,(H,23,25)/b17-14-. The minimum absolute atomic E-state index is 0.0161. The summed E-state index contributed by atoms with van der Waals surface area (Å²) in [7, 11) is -2.11. The van der Waals surface area contributed by atoms with Gasteiger partial charge in [0, 0.05) is 17.1 Å². The number of carbonyl (C=O) groups is 2. The van der Waals surface area contributed by atoms with Gasteiger partial charge in [0.25, 0.3) is 0 Å². The van der Waals surface area contributed by atoms with Crippen molar-refractivity contribution in [3.05, 3.63) is 45.9 Å². The highest BCUT2D eigenvalue weighted by molar-refractivity contribution is 6.74. The predicted octanol–water partition coefficient (Wildman–Crippen LogP) is 5.37. The highest BCUT2D eigenvalue weighted by atomic mass is 35.5. The second-order valence-corrected chi connectivity index (χ2v) is 13.3. The summed E-state index contributed by atoms with van der Waals surface area (Å²) in [4.78, 5) is 24.4. The molecule has 0 saturated heterocycles. The van der Waals surface area contributed by atoms with Crippen molar-refractivity contribution >= 4 is 31.6 Å². The Hall–Kier alpha value is -1.66. The first-order valence-corrected chi connectivity index (χ1v) is 12.1. The van der Waals surface area contributed by atoms with Gasteiger partial charge in [0.15, 0.2) is 5.78 Å². The van der Waals surface area contributed by atoms with Gasteiger partial charge in [-0.15, -0.1) is 0 Å². The molecule has 7 heteroatoms. The molecule has 0 aliphatic rings. The van der Waals surface area contributed by atoms with Crippen LogP contribution in [0.3, 0.4) is 0 Å². The fraction of sp³-hybridized carbons (Fsp3) is 0.500. The van der Waals surface area contributed by atoms with Crippen LogP contribution in [0, 0.1) is 5.82 Å². The Morgan fingerprint density at radius 3 is 2.30 bits per heavy atom. The number of Topliss-reactive ketones (excluding diaryl/α,β-unsaturated/α-hetero) is 1. The lowest BCUT2D eigenvalue weighted by atomic mass is 10.1. The first kappa shape index (κ1) is 23.4. The maximum atomic E-state index is 13.1. The minimum atomic E-state index is -2.11. The number of allylic oxidation sites excluding steroid dienone is 1. The largest absolute Gasteiger partial charge is 0.546 e. The number of hydrogen-bond donors (Lipinski definition) is 1. The predicted molar refractivity (Wildman–Crippen MR) is 110 cm³/mol. The van der Waals surface area contributed by atoms with E-state index in [9.17, 15) is 14.0 Å². The maximum absolute atomic E-state index is 13.1. The Kier molecular flexibility index (Phi) is 7.81. The molecule has 0 aliphatic carbocycles. The van der Waals surface area contributed by atoms with E-state index in [1.165, 1.54) is 25.1 Å². The molecule has 1 N–H and O–H groups in total. The van der Waals surface area contributed by atoms with Crippen LogP contribution in [-0.2, 0) is 20.6 Å². The Morgan fingerprint density at radius 1 is 1.22 bits per heavy atom. The van der Waals surface area contributed by atoms with E-state index in [0.717, 1.165) is 0 Å². The van der Waals surface area contributed by atoms with Gasteiger partial charge in [-0.3, -0.25) is 9.59 Å². The number of halogens is 2. The number of ketones is 1. The molecular weight excluding hydrogens is 385 g/mol. The summed E-state index contributed by atoms with van der Waals surface area (Å²) in [5.74, 6) is -0.445. The molecule has 150 valence electrons. The van der Waals surface area contributed by atoms with Crippen LogP contribution < -0.4 is 5.32 Å². The molecule has 1 amide bonds. The van der Waals surface area contributed by atoms with Crippen LogP contribution in [0.2, 0.25) is 23.2 Å². The molecule has 27 heavy (non-hydrogen) atoms. The molecule has 1 rings (SSSR count). The van der Waals surface area contributed by atoms with E-state index < -0.39 is 14.1 Å². The van der Waals surface area contributed by atoms with Crippen molar-refractivity contribution in [3.63, 3.8) is 0 Å². The third-order valence-electron chi connectivity index (χ3n) is 4.89. The average Bonchev–Trinajstić information content (AvgIpc) is 2.49. The third kappa shape index (κ3) is 6.77. The molecule has 0 unspecified atom stereocenters. The smallest absolute Gasteiger partial charge is 0.250 e. The average molecular weight is 414 g/mol. The first-order valence-electron chi connectivity index (χ1n) is 8.85. The molecule has 0 spiro atoms. The lowest BCUT2D eigenvalue weighted by Gasteiger charge is -2.37. The van der Waals surface area contributed by atoms with Gasteiger partial charge in [-0.05, 0) is 49.7 Å². The van der Waals surface area contributed by atoms with Gasteiger partial charge in [0.1, 0.15) is 5.82 Å². The van der Waals surface area contributed by atoms with Gasteiger partial charge in [-0.25, -0.2) is 4.39 Å². The minimum Gasteiger partial charge on any atom is -0.546 e. The number of amides is 1. The van der Waals surface area contributed by atoms with E-state index in [-0.39, 0.29) is 34.7 Å². The molecule has 0 fully saturated rings. The summed E-state index contributed by atoms with van der Waals surface area (Å²) in [5.41, 5.74) is 0.969. The number of nitrogens with one attached hydrogen (secondary N) is 1. The molecular formula is C20H29ClFNO3Si. The normalized spacial score (nSPS) is 13.1. The van der Waals surface area contributed by atoms with Gasteiger partial charge in [-0.1, -0.05) is 38.4 Å². The van der Waals surface area contributed by atoms with Crippen molar-refractivity contribution in [3.8, 4) is 0 Å². The van der Waals surface area contributed by atoms with Crippen LogP contribution in [0.15, 0.2) is 29.5 Å². The van der Waals surface area contributed by atoms with E-state index in [2.05, 4.69) is 39.2 Å². The first-order chi connectivity index (χ1) is 12.2. The number of benzene rings is 1. The Morgan fingerprint density at radius 2 is 1.81 bits per heavy atom. The third-order valence-corrected chi connectivity index (χ3v) is 9.67. The number of hydrogen-bond acceptors (Lipinski definition) is 3. The fourth-order valence-corrected chi connectivity index (χ4v) is 3.61. The molecule has 0 bridgehead atoms. The zero-order valence-electron chi connectivity index (χ0n) is 17.1. The summed E-state index contributed by atoms with van der Waals surface area (Å²) in [6, 6.07) is 4.00. The SMILES string of the molecule is CC(=O)/C(CC(=O)NCc1ccc(F)cc1Cl)=C(/C)O[Si](C)(C)C(C)(C)C.